The van der Waals surface area contributed by atoms with Crippen molar-refractivity contribution >= 4 is 34.5 Å². The quantitative estimate of drug-likeness (QED) is 0.675. The third-order valence-corrected chi connectivity index (χ3v) is 3.14. The maximum Gasteiger partial charge on any atom is 0.410 e. The van der Waals surface area contributed by atoms with Crippen molar-refractivity contribution in [2.24, 2.45) is 0 Å². The number of amides is 1. The third-order valence-electron chi connectivity index (χ3n) is 2.83. The molecule has 2 heterocycles. The van der Waals surface area contributed by atoms with Crippen LogP contribution >= 0.6 is 11.6 Å². The molecule has 3 aromatic rings. The molecule has 0 radical (unpaired) electrons. The van der Waals surface area contributed by atoms with Crippen LogP contribution < -0.4 is 5.32 Å². The van der Waals surface area contributed by atoms with Crippen LogP contribution in [0.15, 0.2) is 30.5 Å². The summed E-state index contributed by atoms with van der Waals surface area (Å²) in [5.74, 6) is -0.258. The summed E-state index contributed by atoms with van der Waals surface area (Å²) in [6.07, 6.45) is 0.155. The zero-order valence-electron chi connectivity index (χ0n) is 10.4. The Labute approximate surface area is 122 Å². The van der Waals surface area contributed by atoms with Crippen molar-refractivity contribution in [3.05, 3.63) is 41.3 Å². The molecular weight excluding hydrogens is 299 g/mol. The number of anilines is 1. The van der Waals surface area contributed by atoms with Gasteiger partial charge in [-0.3, -0.25) is 5.32 Å². The highest BCUT2D eigenvalue weighted by Gasteiger charge is 2.16. The molecule has 0 spiro atoms. The van der Waals surface area contributed by atoms with Crippen LogP contribution in [0.3, 0.4) is 0 Å². The average molecular weight is 307 g/mol. The van der Waals surface area contributed by atoms with Crippen molar-refractivity contribution in [3.8, 4) is 11.4 Å². The Morgan fingerprint density at radius 2 is 2.19 bits per heavy atom. The summed E-state index contributed by atoms with van der Waals surface area (Å²) >= 11 is 5.99. The van der Waals surface area contributed by atoms with E-state index in [4.69, 9.17) is 16.7 Å². The van der Waals surface area contributed by atoms with Gasteiger partial charge in [-0.15, -0.1) is 0 Å². The molecule has 0 atom stereocenters. The Bertz CT molecular complexity index is 829. The van der Waals surface area contributed by atoms with E-state index in [-0.39, 0.29) is 27.7 Å². The standard InChI is InChI=1S/C13H8ClFN4O2/c14-6-2-1-3-7(15)9(6)11-17-8-4-5-16-12(10(8)18-11)19-13(20)21/h1-5H,(H,16,19)(H,17,18)(H,20,21). The monoisotopic (exact) mass is 306 g/mol. The second-order valence-corrected chi connectivity index (χ2v) is 4.58. The summed E-state index contributed by atoms with van der Waals surface area (Å²) in [5, 5.41) is 11.1. The SMILES string of the molecule is O=C(O)Nc1nccc2[nH]c(-c3c(F)cccc3Cl)nc12. The lowest BCUT2D eigenvalue weighted by Gasteiger charge is -2.01. The van der Waals surface area contributed by atoms with Gasteiger partial charge in [0.05, 0.1) is 16.1 Å². The number of fused-ring (bicyclic) bond motifs is 1. The average Bonchev–Trinajstić information content (AvgIpc) is 2.82. The predicted molar refractivity (Wildman–Crippen MR) is 75.9 cm³/mol. The number of H-pyrrole nitrogens is 1. The van der Waals surface area contributed by atoms with E-state index in [0.29, 0.717) is 5.52 Å². The highest BCUT2D eigenvalue weighted by Crippen LogP contribution is 2.31. The van der Waals surface area contributed by atoms with Crippen LogP contribution in [0.4, 0.5) is 15.0 Å². The summed E-state index contributed by atoms with van der Waals surface area (Å²) in [6, 6.07) is 5.90. The predicted octanol–water partition coefficient (Wildman–Crippen LogP) is 3.51. The minimum Gasteiger partial charge on any atom is -0.465 e. The number of carboxylic acid groups (broad SMARTS) is 1. The lowest BCUT2D eigenvalue weighted by molar-refractivity contribution is 0.209. The van der Waals surface area contributed by atoms with Crippen LogP contribution in [0.25, 0.3) is 22.4 Å². The molecule has 2 aromatic heterocycles. The normalized spacial score (nSPS) is 10.8. The van der Waals surface area contributed by atoms with Gasteiger partial charge in [-0.25, -0.2) is 19.2 Å². The number of carbonyl (C=O) groups is 1. The summed E-state index contributed by atoms with van der Waals surface area (Å²) in [4.78, 5) is 21.7. The number of imidazole rings is 1. The number of rotatable bonds is 2. The number of halogens is 2. The third kappa shape index (κ3) is 2.38. The minimum absolute atomic E-state index is 0.0648. The fourth-order valence-electron chi connectivity index (χ4n) is 1.97. The Morgan fingerprint density at radius 1 is 1.38 bits per heavy atom. The van der Waals surface area contributed by atoms with Gasteiger partial charge in [0.15, 0.2) is 5.82 Å². The molecule has 6 nitrogen and oxygen atoms in total. The van der Waals surface area contributed by atoms with Crippen LogP contribution in [0.5, 0.6) is 0 Å². The Morgan fingerprint density at radius 3 is 2.90 bits per heavy atom. The van der Waals surface area contributed by atoms with Gasteiger partial charge in [0.1, 0.15) is 17.2 Å². The second kappa shape index (κ2) is 5.02. The molecule has 0 aliphatic heterocycles. The van der Waals surface area contributed by atoms with E-state index in [9.17, 15) is 9.18 Å². The molecule has 0 aliphatic rings. The number of pyridine rings is 1. The summed E-state index contributed by atoms with van der Waals surface area (Å²) in [7, 11) is 0. The molecule has 0 bridgehead atoms. The molecule has 8 heteroatoms. The largest absolute Gasteiger partial charge is 0.465 e. The van der Waals surface area contributed by atoms with Crippen molar-refractivity contribution in [2.75, 3.05) is 5.32 Å². The maximum absolute atomic E-state index is 13.9. The van der Waals surface area contributed by atoms with Gasteiger partial charge < -0.3 is 10.1 Å². The van der Waals surface area contributed by atoms with Crippen molar-refractivity contribution in [3.63, 3.8) is 0 Å². The smallest absolute Gasteiger partial charge is 0.410 e. The van der Waals surface area contributed by atoms with E-state index in [0.717, 1.165) is 0 Å². The first kappa shape index (κ1) is 13.3. The minimum atomic E-state index is -1.26. The molecule has 3 N–H and O–H groups in total. The van der Waals surface area contributed by atoms with E-state index in [1.807, 2.05) is 0 Å². The maximum atomic E-state index is 13.9. The van der Waals surface area contributed by atoms with E-state index in [2.05, 4.69) is 20.3 Å². The first-order valence-electron chi connectivity index (χ1n) is 5.85. The van der Waals surface area contributed by atoms with Crippen LogP contribution in [-0.4, -0.2) is 26.2 Å². The summed E-state index contributed by atoms with van der Waals surface area (Å²) < 4.78 is 13.9. The highest BCUT2D eigenvalue weighted by atomic mass is 35.5. The number of aromatic nitrogens is 3. The van der Waals surface area contributed by atoms with E-state index in [1.165, 1.54) is 18.3 Å². The molecule has 21 heavy (non-hydrogen) atoms. The van der Waals surface area contributed by atoms with Gasteiger partial charge in [0.2, 0.25) is 0 Å². The Hall–Kier alpha value is -2.67. The molecule has 0 fully saturated rings. The van der Waals surface area contributed by atoms with E-state index in [1.54, 1.807) is 12.1 Å². The van der Waals surface area contributed by atoms with Gasteiger partial charge in [0, 0.05) is 6.20 Å². The molecule has 3 rings (SSSR count). The van der Waals surface area contributed by atoms with E-state index < -0.39 is 11.9 Å². The molecule has 0 unspecified atom stereocenters. The molecule has 106 valence electrons. The van der Waals surface area contributed by atoms with Crippen molar-refractivity contribution in [1.29, 1.82) is 0 Å². The summed E-state index contributed by atoms with van der Waals surface area (Å²) in [5.41, 5.74) is 0.925. The first-order chi connectivity index (χ1) is 10.1. The number of benzene rings is 1. The lowest BCUT2D eigenvalue weighted by atomic mass is 10.2. The van der Waals surface area contributed by atoms with Crippen molar-refractivity contribution in [1.82, 2.24) is 15.0 Å². The molecule has 1 aromatic carbocycles. The zero-order valence-corrected chi connectivity index (χ0v) is 11.1. The van der Waals surface area contributed by atoms with Crippen LogP contribution in [0, 0.1) is 5.82 Å². The van der Waals surface area contributed by atoms with Gasteiger partial charge in [-0.05, 0) is 18.2 Å². The number of hydrogen-bond acceptors (Lipinski definition) is 3. The highest BCUT2D eigenvalue weighted by molar-refractivity contribution is 6.33. The topological polar surface area (TPSA) is 90.9 Å². The Balaban J connectivity index is 2.20. The van der Waals surface area contributed by atoms with Crippen LogP contribution in [0.2, 0.25) is 5.02 Å². The fourth-order valence-corrected chi connectivity index (χ4v) is 2.22. The number of hydrogen-bond donors (Lipinski definition) is 3. The molecule has 0 saturated carbocycles. The summed E-state index contributed by atoms with van der Waals surface area (Å²) in [6.45, 7) is 0. The Kier molecular flexibility index (Phi) is 3.19. The first-order valence-corrected chi connectivity index (χ1v) is 6.23. The molecule has 0 aliphatic carbocycles. The molecular formula is C13H8ClFN4O2. The van der Waals surface area contributed by atoms with Crippen LogP contribution in [-0.2, 0) is 0 Å². The number of aromatic amines is 1. The van der Waals surface area contributed by atoms with Crippen molar-refractivity contribution < 1.29 is 14.3 Å². The van der Waals surface area contributed by atoms with Crippen molar-refractivity contribution in [2.45, 2.75) is 0 Å². The number of nitrogens with zero attached hydrogens (tertiary/aromatic N) is 2. The van der Waals surface area contributed by atoms with Gasteiger partial charge in [0.25, 0.3) is 0 Å². The lowest BCUT2D eigenvalue weighted by Crippen LogP contribution is -2.08. The zero-order chi connectivity index (χ0) is 15.0. The van der Waals surface area contributed by atoms with Gasteiger partial charge in [-0.1, -0.05) is 17.7 Å². The van der Waals surface area contributed by atoms with E-state index >= 15 is 0 Å². The van der Waals surface area contributed by atoms with Gasteiger partial charge in [-0.2, -0.15) is 0 Å². The van der Waals surface area contributed by atoms with Gasteiger partial charge >= 0.3 is 6.09 Å². The number of nitrogens with one attached hydrogen (secondary N) is 2. The molecule has 0 saturated heterocycles. The molecule has 1 amide bonds. The second-order valence-electron chi connectivity index (χ2n) is 4.17. The van der Waals surface area contributed by atoms with Crippen LogP contribution in [0.1, 0.15) is 0 Å². The fraction of sp³-hybridized carbons (Fsp3) is 0.